The van der Waals surface area contributed by atoms with Gasteiger partial charge in [-0.3, -0.25) is 0 Å². The summed E-state index contributed by atoms with van der Waals surface area (Å²) in [6, 6.07) is 8.26. The number of ether oxygens (including phenoxy) is 1. The summed E-state index contributed by atoms with van der Waals surface area (Å²) in [5.41, 5.74) is 7.99. The van der Waals surface area contributed by atoms with Crippen molar-refractivity contribution in [1.82, 2.24) is 4.98 Å². The predicted octanol–water partition coefficient (Wildman–Crippen LogP) is 2.79. The second kappa shape index (κ2) is 6.52. The molecule has 1 heterocycles. The number of benzene rings is 1. The molecule has 0 saturated heterocycles. The van der Waals surface area contributed by atoms with Crippen LogP contribution in [0.15, 0.2) is 29.6 Å². The molecule has 2 rings (SSSR count). The van der Waals surface area contributed by atoms with Crippen molar-refractivity contribution in [3.05, 3.63) is 45.9 Å². The van der Waals surface area contributed by atoms with E-state index in [9.17, 15) is 0 Å². The summed E-state index contributed by atoms with van der Waals surface area (Å²) in [6.45, 7) is 3.24. The van der Waals surface area contributed by atoms with Crippen molar-refractivity contribution < 1.29 is 4.74 Å². The molecule has 2 aromatic rings. The topological polar surface area (TPSA) is 48.1 Å². The van der Waals surface area contributed by atoms with Gasteiger partial charge >= 0.3 is 0 Å². The first-order valence-electron chi connectivity index (χ1n) is 6.17. The van der Waals surface area contributed by atoms with E-state index in [2.05, 4.69) is 22.5 Å². The second-order valence-electron chi connectivity index (χ2n) is 4.01. The molecule has 0 atom stereocenters. The van der Waals surface area contributed by atoms with Gasteiger partial charge in [-0.15, -0.1) is 11.3 Å². The Bertz CT molecular complexity index is 479. The molecule has 0 bridgehead atoms. The summed E-state index contributed by atoms with van der Waals surface area (Å²) in [5, 5.41) is 3.10. The van der Waals surface area contributed by atoms with Gasteiger partial charge in [-0.25, -0.2) is 4.98 Å². The molecule has 0 radical (unpaired) electrons. The monoisotopic (exact) mass is 262 g/mol. The molecule has 0 fully saturated rings. The first-order valence-corrected chi connectivity index (χ1v) is 7.05. The van der Waals surface area contributed by atoms with Gasteiger partial charge in [0.15, 0.2) is 0 Å². The third-order valence-corrected chi connectivity index (χ3v) is 3.60. The quantitative estimate of drug-likeness (QED) is 0.871. The standard InChI is InChI=1S/C14H18N2OS/c1-2-17-13-7-4-11(5-8-13)3-6-12-10-18-14(9-15)16-12/h4-5,7-8,10H,2-3,6,9,15H2,1H3. The lowest BCUT2D eigenvalue weighted by atomic mass is 10.1. The fourth-order valence-corrected chi connectivity index (χ4v) is 2.46. The van der Waals surface area contributed by atoms with Gasteiger partial charge in [0.25, 0.3) is 0 Å². The number of hydrogen-bond donors (Lipinski definition) is 1. The maximum atomic E-state index is 5.55. The van der Waals surface area contributed by atoms with Crippen molar-refractivity contribution in [3.8, 4) is 5.75 Å². The number of aromatic nitrogens is 1. The molecule has 1 aromatic carbocycles. The van der Waals surface area contributed by atoms with Gasteiger partial charge in [0.1, 0.15) is 10.8 Å². The minimum atomic E-state index is 0.535. The predicted molar refractivity (Wildman–Crippen MR) is 75.0 cm³/mol. The highest BCUT2D eigenvalue weighted by molar-refractivity contribution is 7.09. The van der Waals surface area contributed by atoms with Crippen LogP contribution in [0.4, 0.5) is 0 Å². The molecule has 0 aliphatic heterocycles. The average molecular weight is 262 g/mol. The largest absolute Gasteiger partial charge is 0.494 e. The fraction of sp³-hybridized carbons (Fsp3) is 0.357. The van der Waals surface area contributed by atoms with E-state index in [1.807, 2.05) is 19.1 Å². The summed E-state index contributed by atoms with van der Waals surface area (Å²) >= 11 is 1.64. The molecule has 2 N–H and O–H groups in total. The highest BCUT2D eigenvalue weighted by Crippen LogP contribution is 2.15. The van der Waals surface area contributed by atoms with Crippen LogP contribution in [-0.4, -0.2) is 11.6 Å². The molecular formula is C14H18N2OS. The van der Waals surface area contributed by atoms with Crippen LogP contribution < -0.4 is 10.5 Å². The Balaban J connectivity index is 1.89. The zero-order chi connectivity index (χ0) is 12.8. The van der Waals surface area contributed by atoms with Gasteiger partial charge in [0, 0.05) is 11.9 Å². The van der Waals surface area contributed by atoms with E-state index in [1.165, 1.54) is 5.56 Å². The zero-order valence-electron chi connectivity index (χ0n) is 10.6. The number of hydrogen-bond acceptors (Lipinski definition) is 4. The van der Waals surface area contributed by atoms with Gasteiger partial charge in [0.2, 0.25) is 0 Å². The molecular weight excluding hydrogens is 244 g/mol. The second-order valence-corrected chi connectivity index (χ2v) is 4.96. The Labute approximate surface area is 112 Å². The number of rotatable bonds is 6. The Morgan fingerprint density at radius 1 is 1.22 bits per heavy atom. The smallest absolute Gasteiger partial charge is 0.119 e. The van der Waals surface area contributed by atoms with Crippen LogP contribution >= 0.6 is 11.3 Å². The van der Waals surface area contributed by atoms with Crippen LogP contribution in [0.5, 0.6) is 5.75 Å². The average Bonchev–Trinajstić information content (AvgIpc) is 2.86. The number of thiazole rings is 1. The van der Waals surface area contributed by atoms with E-state index in [-0.39, 0.29) is 0 Å². The molecule has 1 aromatic heterocycles. The number of nitrogens with two attached hydrogens (primary N) is 1. The molecule has 0 amide bonds. The minimum Gasteiger partial charge on any atom is -0.494 e. The maximum Gasteiger partial charge on any atom is 0.119 e. The summed E-state index contributed by atoms with van der Waals surface area (Å²) in [5.74, 6) is 0.931. The molecule has 0 spiro atoms. The van der Waals surface area contributed by atoms with Crippen molar-refractivity contribution in [3.63, 3.8) is 0 Å². The SMILES string of the molecule is CCOc1ccc(CCc2csc(CN)n2)cc1. The van der Waals surface area contributed by atoms with Gasteiger partial charge in [0.05, 0.1) is 12.3 Å². The van der Waals surface area contributed by atoms with Crippen LogP contribution in [0, 0.1) is 0 Å². The third-order valence-electron chi connectivity index (χ3n) is 2.68. The normalized spacial score (nSPS) is 10.6. The van der Waals surface area contributed by atoms with Gasteiger partial charge in [-0.05, 0) is 37.5 Å². The molecule has 3 nitrogen and oxygen atoms in total. The Morgan fingerprint density at radius 3 is 2.61 bits per heavy atom. The molecule has 0 unspecified atom stereocenters. The lowest BCUT2D eigenvalue weighted by molar-refractivity contribution is 0.340. The summed E-state index contributed by atoms with van der Waals surface area (Å²) in [6.07, 6.45) is 1.96. The molecule has 0 saturated carbocycles. The number of nitrogens with zero attached hydrogens (tertiary/aromatic N) is 1. The summed E-state index contributed by atoms with van der Waals surface area (Å²) < 4.78 is 5.42. The van der Waals surface area contributed by atoms with E-state index < -0.39 is 0 Å². The van der Waals surface area contributed by atoms with Crippen molar-refractivity contribution in [2.24, 2.45) is 5.73 Å². The van der Waals surface area contributed by atoms with Gasteiger partial charge in [-0.1, -0.05) is 12.1 Å². The van der Waals surface area contributed by atoms with E-state index in [0.717, 1.165) is 29.3 Å². The van der Waals surface area contributed by atoms with Crippen molar-refractivity contribution in [2.75, 3.05) is 6.61 Å². The summed E-state index contributed by atoms with van der Waals surface area (Å²) in [7, 11) is 0. The first-order chi connectivity index (χ1) is 8.81. The fourth-order valence-electron chi connectivity index (χ4n) is 1.75. The van der Waals surface area contributed by atoms with Crippen molar-refractivity contribution in [2.45, 2.75) is 26.3 Å². The Hall–Kier alpha value is -1.39. The van der Waals surface area contributed by atoms with Crippen LogP contribution in [0.2, 0.25) is 0 Å². The van der Waals surface area contributed by atoms with E-state index in [0.29, 0.717) is 13.2 Å². The van der Waals surface area contributed by atoms with Crippen molar-refractivity contribution in [1.29, 1.82) is 0 Å². The lowest BCUT2D eigenvalue weighted by Gasteiger charge is -2.04. The molecule has 0 aliphatic rings. The summed E-state index contributed by atoms with van der Waals surface area (Å²) in [4.78, 5) is 4.46. The molecule has 0 aliphatic carbocycles. The van der Waals surface area contributed by atoms with Crippen LogP contribution in [-0.2, 0) is 19.4 Å². The van der Waals surface area contributed by atoms with Crippen LogP contribution in [0.1, 0.15) is 23.2 Å². The Morgan fingerprint density at radius 2 is 2.00 bits per heavy atom. The van der Waals surface area contributed by atoms with Crippen molar-refractivity contribution >= 4 is 11.3 Å². The maximum absolute atomic E-state index is 5.55. The number of aryl methyl sites for hydroxylation is 2. The van der Waals surface area contributed by atoms with E-state index in [4.69, 9.17) is 10.5 Å². The van der Waals surface area contributed by atoms with E-state index in [1.54, 1.807) is 11.3 Å². The molecule has 96 valence electrons. The van der Waals surface area contributed by atoms with Crippen LogP contribution in [0.3, 0.4) is 0 Å². The highest BCUT2D eigenvalue weighted by atomic mass is 32.1. The van der Waals surface area contributed by atoms with Gasteiger partial charge in [-0.2, -0.15) is 0 Å². The highest BCUT2D eigenvalue weighted by Gasteiger charge is 2.01. The molecule has 18 heavy (non-hydrogen) atoms. The van der Waals surface area contributed by atoms with Gasteiger partial charge < -0.3 is 10.5 Å². The minimum absolute atomic E-state index is 0.535. The first kappa shape index (κ1) is 13.1. The zero-order valence-corrected chi connectivity index (χ0v) is 11.4. The van der Waals surface area contributed by atoms with Crippen LogP contribution in [0.25, 0.3) is 0 Å². The van der Waals surface area contributed by atoms with E-state index >= 15 is 0 Å². The lowest BCUT2D eigenvalue weighted by Crippen LogP contribution is -1.97. The third kappa shape index (κ3) is 3.55. The molecule has 4 heteroatoms. The Kier molecular flexibility index (Phi) is 4.73.